The molecule has 0 aliphatic carbocycles. The van der Waals surface area contributed by atoms with Crippen LogP contribution < -0.4 is 16.8 Å². The summed E-state index contributed by atoms with van der Waals surface area (Å²) >= 11 is 0. The van der Waals surface area contributed by atoms with Crippen LogP contribution in [-0.4, -0.2) is 39.4 Å². The van der Waals surface area contributed by atoms with Crippen molar-refractivity contribution in [3.8, 4) is 0 Å². The minimum atomic E-state index is -0.524. The number of anilines is 2. The lowest BCUT2D eigenvalue weighted by Crippen LogP contribution is -2.15. The number of hydrogen-bond donors (Lipinski definition) is 3. The molecule has 6 nitrogen and oxygen atoms in total. The van der Waals surface area contributed by atoms with Crippen LogP contribution in [0.2, 0.25) is 0 Å². The van der Waals surface area contributed by atoms with E-state index in [-0.39, 0.29) is 0 Å². The maximum atomic E-state index is 11.1. The molecule has 0 aliphatic heterocycles. The largest absolute Gasteiger partial charge is 0.396 e. The second-order valence-electron chi connectivity index (χ2n) is 4.02. The number of nitrogen functional groups attached to an aromatic ring is 1. The van der Waals surface area contributed by atoms with E-state index in [4.69, 9.17) is 20.9 Å². The quantitative estimate of drug-likeness (QED) is 0.454. The monoisotopic (exact) mass is 267 g/mol. The Morgan fingerprint density at radius 3 is 2.79 bits per heavy atom. The highest BCUT2D eigenvalue weighted by Gasteiger charge is 2.08. The van der Waals surface area contributed by atoms with E-state index in [9.17, 15) is 4.79 Å². The Labute approximate surface area is 113 Å². The summed E-state index contributed by atoms with van der Waals surface area (Å²) in [5.41, 5.74) is 12.5. The summed E-state index contributed by atoms with van der Waals surface area (Å²) in [5.74, 6) is -0.524. The fourth-order valence-electron chi connectivity index (χ4n) is 1.58. The number of carbonyl (C=O) groups excluding carboxylic acids is 1. The number of amides is 1. The van der Waals surface area contributed by atoms with Gasteiger partial charge in [0.1, 0.15) is 0 Å². The minimum absolute atomic E-state index is 0.335. The molecule has 1 rings (SSSR count). The van der Waals surface area contributed by atoms with Crippen LogP contribution in [0.25, 0.3) is 0 Å². The third-order valence-corrected chi connectivity index (χ3v) is 2.58. The molecule has 0 radical (unpaired) electrons. The number of ether oxygens (including phenoxy) is 2. The van der Waals surface area contributed by atoms with Crippen molar-refractivity contribution in [1.29, 1.82) is 0 Å². The van der Waals surface area contributed by atoms with E-state index in [0.29, 0.717) is 43.3 Å². The first-order valence-electron chi connectivity index (χ1n) is 6.15. The van der Waals surface area contributed by atoms with Gasteiger partial charge in [0.2, 0.25) is 0 Å². The number of para-hydroxylation sites is 1. The van der Waals surface area contributed by atoms with E-state index >= 15 is 0 Å². The van der Waals surface area contributed by atoms with Gasteiger partial charge in [0.05, 0.1) is 30.2 Å². The molecule has 6 heteroatoms. The summed E-state index contributed by atoms with van der Waals surface area (Å²) in [6.45, 7) is 2.54. The molecule has 0 aromatic heterocycles. The summed E-state index contributed by atoms with van der Waals surface area (Å²) in [4.78, 5) is 11.1. The van der Waals surface area contributed by atoms with Gasteiger partial charge in [0.25, 0.3) is 5.91 Å². The standard InChI is InChI=1S/C13H21N3O3/c1-18-8-9-19-7-3-6-16-11-5-2-4-10(12(11)14)13(15)17/h2,4-5,16H,3,6-9,14H2,1H3,(H2,15,17). The first-order valence-corrected chi connectivity index (χ1v) is 6.15. The summed E-state index contributed by atoms with van der Waals surface area (Å²) in [5, 5.41) is 3.16. The van der Waals surface area contributed by atoms with Crippen LogP contribution in [0.3, 0.4) is 0 Å². The van der Waals surface area contributed by atoms with Crippen LogP contribution in [0.1, 0.15) is 16.8 Å². The molecule has 0 unspecified atom stereocenters. The number of benzene rings is 1. The second-order valence-corrected chi connectivity index (χ2v) is 4.02. The molecule has 0 atom stereocenters. The summed E-state index contributed by atoms with van der Waals surface area (Å²) < 4.78 is 10.2. The molecule has 106 valence electrons. The lowest BCUT2D eigenvalue weighted by atomic mass is 10.1. The Bertz CT molecular complexity index is 410. The first kappa shape index (κ1) is 15.3. The van der Waals surface area contributed by atoms with Crippen molar-refractivity contribution in [2.24, 2.45) is 5.73 Å². The molecule has 0 fully saturated rings. The Kier molecular flexibility index (Phi) is 6.70. The number of rotatable bonds is 9. The molecular weight excluding hydrogens is 246 g/mol. The predicted octanol–water partition coefficient (Wildman–Crippen LogP) is 0.833. The zero-order chi connectivity index (χ0) is 14.1. The average molecular weight is 267 g/mol. The van der Waals surface area contributed by atoms with E-state index < -0.39 is 5.91 Å². The summed E-state index contributed by atoms with van der Waals surface area (Å²) in [6.07, 6.45) is 0.837. The van der Waals surface area contributed by atoms with Crippen LogP contribution in [0.4, 0.5) is 11.4 Å². The number of nitrogens with two attached hydrogens (primary N) is 2. The number of primary amides is 1. The fourth-order valence-corrected chi connectivity index (χ4v) is 1.58. The molecule has 0 saturated carbocycles. The third kappa shape index (κ3) is 5.15. The van der Waals surface area contributed by atoms with Gasteiger partial charge < -0.3 is 26.3 Å². The van der Waals surface area contributed by atoms with Crippen LogP contribution in [0.5, 0.6) is 0 Å². The maximum absolute atomic E-state index is 11.1. The average Bonchev–Trinajstić information content (AvgIpc) is 2.39. The lowest BCUT2D eigenvalue weighted by Gasteiger charge is -2.11. The third-order valence-electron chi connectivity index (χ3n) is 2.58. The van der Waals surface area contributed by atoms with E-state index in [0.717, 1.165) is 6.42 Å². The molecule has 0 heterocycles. The van der Waals surface area contributed by atoms with E-state index in [1.807, 2.05) is 6.07 Å². The Hall–Kier alpha value is -1.79. The van der Waals surface area contributed by atoms with Crippen molar-refractivity contribution >= 4 is 17.3 Å². The first-order chi connectivity index (χ1) is 9.16. The Balaban J connectivity index is 2.33. The topological polar surface area (TPSA) is 99.6 Å². The number of methoxy groups -OCH3 is 1. The fraction of sp³-hybridized carbons (Fsp3) is 0.462. The highest BCUT2D eigenvalue weighted by Crippen LogP contribution is 2.22. The van der Waals surface area contributed by atoms with Gasteiger partial charge in [-0.1, -0.05) is 6.07 Å². The van der Waals surface area contributed by atoms with Gasteiger partial charge in [0, 0.05) is 20.3 Å². The summed E-state index contributed by atoms with van der Waals surface area (Å²) in [7, 11) is 1.64. The number of carbonyl (C=O) groups is 1. The highest BCUT2D eigenvalue weighted by molar-refractivity contribution is 6.00. The molecule has 0 saturated heterocycles. The molecular formula is C13H21N3O3. The number of hydrogen-bond acceptors (Lipinski definition) is 5. The SMILES string of the molecule is COCCOCCCNc1cccc(C(N)=O)c1N. The number of nitrogens with one attached hydrogen (secondary N) is 1. The van der Waals surface area contributed by atoms with Gasteiger partial charge in [0.15, 0.2) is 0 Å². The van der Waals surface area contributed by atoms with Gasteiger partial charge in [-0.05, 0) is 18.6 Å². The van der Waals surface area contributed by atoms with Gasteiger partial charge in [-0.3, -0.25) is 4.79 Å². The van der Waals surface area contributed by atoms with Gasteiger partial charge >= 0.3 is 0 Å². The molecule has 19 heavy (non-hydrogen) atoms. The van der Waals surface area contributed by atoms with Crippen LogP contribution in [-0.2, 0) is 9.47 Å². The van der Waals surface area contributed by atoms with E-state index in [1.165, 1.54) is 0 Å². The van der Waals surface area contributed by atoms with Crippen molar-refractivity contribution in [2.75, 3.05) is 44.5 Å². The van der Waals surface area contributed by atoms with Gasteiger partial charge in [-0.2, -0.15) is 0 Å². The Morgan fingerprint density at radius 1 is 1.32 bits per heavy atom. The lowest BCUT2D eigenvalue weighted by molar-refractivity contribution is 0.0705. The van der Waals surface area contributed by atoms with Crippen molar-refractivity contribution in [3.05, 3.63) is 23.8 Å². The Morgan fingerprint density at radius 2 is 2.11 bits per heavy atom. The molecule has 1 aromatic carbocycles. The highest BCUT2D eigenvalue weighted by atomic mass is 16.5. The second kappa shape index (κ2) is 8.34. The molecule has 5 N–H and O–H groups in total. The normalized spacial score (nSPS) is 10.4. The van der Waals surface area contributed by atoms with Crippen LogP contribution in [0, 0.1) is 0 Å². The van der Waals surface area contributed by atoms with E-state index in [2.05, 4.69) is 5.32 Å². The van der Waals surface area contributed by atoms with Gasteiger partial charge in [-0.25, -0.2) is 0 Å². The molecule has 1 amide bonds. The molecule has 1 aromatic rings. The smallest absolute Gasteiger partial charge is 0.250 e. The molecule has 0 bridgehead atoms. The van der Waals surface area contributed by atoms with Crippen LogP contribution >= 0.6 is 0 Å². The maximum Gasteiger partial charge on any atom is 0.250 e. The minimum Gasteiger partial charge on any atom is -0.396 e. The zero-order valence-corrected chi connectivity index (χ0v) is 11.1. The van der Waals surface area contributed by atoms with Crippen molar-refractivity contribution < 1.29 is 14.3 Å². The van der Waals surface area contributed by atoms with Gasteiger partial charge in [-0.15, -0.1) is 0 Å². The molecule has 0 aliphatic rings. The van der Waals surface area contributed by atoms with Crippen LogP contribution in [0.15, 0.2) is 18.2 Å². The van der Waals surface area contributed by atoms with Crippen molar-refractivity contribution in [3.63, 3.8) is 0 Å². The van der Waals surface area contributed by atoms with Crippen molar-refractivity contribution in [1.82, 2.24) is 0 Å². The molecule has 0 spiro atoms. The van der Waals surface area contributed by atoms with Crippen molar-refractivity contribution in [2.45, 2.75) is 6.42 Å². The summed E-state index contributed by atoms with van der Waals surface area (Å²) in [6, 6.07) is 5.16. The van der Waals surface area contributed by atoms with E-state index in [1.54, 1.807) is 19.2 Å². The predicted molar refractivity (Wildman–Crippen MR) is 75.2 cm³/mol. The zero-order valence-electron chi connectivity index (χ0n) is 11.1.